The van der Waals surface area contributed by atoms with Gasteiger partial charge in [-0.05, 0) is 46.1 Å². The number of aryl methyl sites for hydroxylation is 1. The zero-order chi connectivity index (χ0) is 15.1. The molecule has 0 aliphatic carbocycles. The van der Waals surface area contributed by atoms with E-state index in [2.05, 4.69) is 18.1 Å². The minimum Gasteiger partial charge on any atom is -0.309 e. The van der Waals surface area contributed by atoms with Crippen molar-refractivity contribution >= 4 is 24.8 Å². The van der Waals surface area contributed by atoms with Crippen molar-refractivity contribution in [3.05, 3.63) is 35.4 Å². The highest BCUT2D eigenvalue weighted by molar-refractivity contribution is 7.78. The largest absolute Gasteiger partial charge is 0.334 e. The number of amides is 3. The molecule has 1 rings (SSSR count). The van der Waals surface area contributed by atoms with Gasteiger partial charge in [0.2, 0.25) is 0 Å². The molecule has 6 heteroatoms. The maximum Gasteiger partial charge on any atom is 0.334 e. The second-order valence-corrected chi connectivity index (χ2v) is 5.39. The Morgan fingerprint density at radius 1 is 1.15 bits per heavy atom. The summed E-state index contributed by atoms with van der Waals surface area (Å²) in [5, 5.41) is 2.31. The fourth-order valence-corrected chi connectivity index (χ4v) is 1.77. The SMILES string of the molecule is Cc1ccc(C(=O)NC(=O)N(S)CCCN(C)C)cc1. The van der Waals surface area contributed by atoms with Crippen LogP contribution in [0.2, 0.25) is 0 Å². The number of carbonyl (C=O) groups is 2. The molecule has 20 heavy (non-hydrogen) atoms. The Hall–Kier alpha value is -1.53. The van der Waals surface area contributed by atoms with E-state index in [1.807, 2.05) is 38.1 Å². The summed E-state index contributed by atoms with van der Waals surface area (Å²) in [6.45, 7) is 3.28. The Labute approximate surface area is 125 Å². The Kier molecular flexibility index (Phi) is 6.54. The first-order chi connectivity index (χ1) is 9.40. The molecule has 0 aromatic heterocycles. The van der Waals surface area contributed by atoms with Crippen LogP contribution in [0, 0.1) is 6.92 Å². The summed E-state index contributed by atoms with van der Waals surface area (Å²) in [6, 6.07) is 6.53. The van der Waals surface area contributed by atoms with Crippen LogP contribution < -0.4 is 5.32 Å². The summed E-state index contributed by atoms with van der Waals surface area (Å²) >= 11 is 4.08. The van der Waals surface area contributed by atoms with Gasteiger partial charge in [0.1, 0.15) is 0 Å². The molecule has 0 bridgehead atoms. The number of hydrogen-bond acceptors (Lipinski definition) is 4. The van der Waals surface area contributed by atoms with Gasteiger partial charge in [-0.25, -0.2) is 4.79 Å². The lowest BCUT2D eigenvalue weighted by Gasteiger charge is -2.17. The number of nitrogens with zero attached hydrogens (tertiary/aromatic N) is 2. The van der Waals surface area contributed by atoms with Crippen LogP contribution in [0.1, 0.15) is 22.3 Å². The van der Waals surface area contributed by atoms with Crippen molar-refractivity contribution in [2.24, 2.45) is 0 Å². The Bertz CT molecular complexity index is 460. The summed E-state index contributed by atoms with van der Waals surface area (Å²) in [7, 11) is 3.92. The van der Waals surface area contributed by atoms with Gasteiger partial charge in [-0.2, -0.15) is 0 Å². The zero-order valence-electron chi connectivity index (χ0n) is 12.1. The van der Waals surface area contributed by atoms with Crippen molar-refractivity contribution in [3.63, 3.8) is 0 Å². The van der Waals surface area contributed by atoms with E-state index in [-0.39, 0.29) is 0 Å². The third kappa shape index (κ3) is 5.63. The molecule has 0 heterocycles. The number of hydrogen-bond donors (Lipinski definition) is 2. The highest BCUT2D eigenvalue weighted by Gasteiger charge is 2.14. The van der Waals surface area contributed by atoms with Gasteiger partial charge in [0.15, 0.2) is 0 Å². The van der Waals surface area contributed by atoms with Crippen molar-refractivity contribution < 1.29 is 9.59 Å². The Morgan fingerprint density at radius 2 is 1.75 bits per heavy atom. The molecule has 0 radical (unpaired) electrons. The monoisotopic (exact) mass is 295 g/mol. The third-order valence-corrected chi connectivity index (χ3v) is 3.13. The first-order valence-corrected chi connectivity index (χ1v) is 6.83. The molecular formula is C14H21N3O2S. The number of rotatable bonds is 5. The number of urea groups is 1. The van der Waals surface area contributed by atoms with Crippen LogP contribution in [0.15, 0.2) is 24.3 Å². The van der Waals surface area contributed by atoms with Crippen LogP contribution in [-0.2, 0) is 0 Å². The van der Waals surface area contributed by atoms with Crippen LogP contribution in [0.4, 0.5) is 4.79 Å². The number of thiol groups is 1. The predicted octanol–water partition coefficient (Wildman–Crippen LogP) is 1.94. The van der Waals surface area contributed by atoms with Crippen LogP contribution in [0.3, 0.4) is 0 Å². The standard InChI is InChI=1S/C14H21N3O2S/c1-11-5-7-12(8-6-11)13(18)15-14(19)17(20)10-4-9-16(2)3/h5-8,20H,4,9-10H2,1-3H3,(H,15,18,19). The molecule has 0 spiro atoms. The highest BCUT2D eigenvalue weighted by atomic mass is 32.1. The average Bonchev–Trinajstić information content (AvgIpc) is 2.38. The van der Waals surface area contributed by atoms with Crippen molar-refractivity contribution in [1.29, 1.82) is 0 Å². The lowest BCUT2D eigenvalue weighted by Crippen LogP contribution is -2.39. The molecule has 0 saturated carbocycles. The summed E-state index contributed by atoms with van der Waals surface area (Å²) < 4.78 is 1.22. The Morgan fingerprint density at radius 3 is 2.30 bits per heavy atom. The first-order valence-electron chi connectivity index (χ1n) is 6.43. The van der Waals surface area contributed by atoms with Gasteiger partial charge < -0.3 is 4.90 Å². The molecule has 0 aliphatic heterocycles. The molecule has 1 N–H and O–H groups in total. The lowest BCUT2D eigenvalue weighted by molar-refractivity contribution is 0.0959. The molecule has 3 amide bonds. The molecule has 0 atom stereocenters. The minimum atomic E-state index is -0.502. The van der Waals surface area contributed by atoms with Crippen molar-refractivity contribution in [3.8, 4) is 0 Å². The van der Waals surface area contributed by atoms with Gasteiger partial charge in [-0.1, -0.05) is 30.5 Å². The van der Waals surface area contributed by atoms with Gasteiger partial charge in [-0.3, -0.25) is 14.4 Å². The molecular weight excluding hydrogens is 274 g/mol. The molecule has 0 aliphatic rings. The van der Waals surface area contributed by atoms with Crippen LogP contribution in [-0.4, -0.2) is 48.3 Å². The van der Waals surface area contributed by atoms with Crippen molar-refractivity contribution in [2.75, 3.05) is 27.2 Å². The fourth-order valence-electron chi connectivity index (χ4n) is 1.58. The Balaban J connectivity index is 2.44. The van der Waals surface area contributed by atoms with Gasteiger partial charge in [0.05, 0.1) is 0 Å². The van der Waals surface area contributed by atoms with Crippen LogP contribution >= 0.6 is 12.8 Å². The van der Waals surface area contributed by atoms with Crippen molar-refractivity contribution in [1.82, 2.24) is 14.5 Å². The number of carbonyl (C=O) groups excluding carboxylic acids is 2. The van der Waals surface area contributed by atoms with E-state index < -0.39 is 11.9 Å². The first kappa shape index (κ1) is 16.5. The van der Waals surface area contributed by atoms with Gasteiger partial charge >= 0.3 is 6.03 Å². The lowest BCUT2D eigenvalue weighted by atomic mass is 10.1. The minimum absolute atomic E-state index is 0.415. The van der Waals surface area contributed by atoms with Gasteiger partial charge in [-0.15, -0.1) is 0 Å². The third-order valence-electron chi connectivity index (χ3n) is 2.74. The predicted molar refractivity (Wildman–Crippen MR) is 82.9 cm³/mol. The van der Waals surface area contributed by atoms with E-state index in [0.717, 1.165) is 18.5 Å². The van der Waals surface area contributed by atoms with E-state index in [9.17, 15) is 9.59 Å². The van der Waals surface area contributed by atoms with E-state index in [0.29, 0.717) is 12.1 Å². The van der Waals surface area contributed by atoms with Crippen molar-refractivity contribution in [2.45, 2.75) is 13.3 Å². The fraction of sp³-hybridized carbons (Fsp3) is 0.429. The zero-order valence-corrected chi connectivity index (χ0v) is 13.0. The molecule has 5 nitrogen and oxygen atoms in total. The van der Waals surface area contributed by atoms with E-state index in [1.54, 1.807) is 12.1 Å². The smallest absolute Gasteiger partial charge is 0.309 e. The van der Waals surface area contributed by atoms with Crippen LogP contribution in [0.5, 0.6) is 0 Å². The molecule has 0 fully saturated rings. The maximum atomic E-state index is 11.9. The molecule has 1 aromatic carbocycles. The average molecular weight is 295 g/mol. The normalized spacial score (nSPS) is 10.4. The van der Waals surface area contributed by atoms with Gasteiger partial charge in [0.25, 0.3) is 5.91 Å². The summed E-state index contributed by atoms with van der Waals surface area (Å²) in [6.07, 6.45) is 0.794. The quantitative estimate of drug-likeness (QED) is 0.816. The summed E-state index contributed by atoms with van der Waals surface area (Å²) in [5.74, 6) is -0.415. The molecule has 0 unspecified atom stereocenters. The molecule has 110 valence electrons. The van der Waals surface area contributed by atoms with E-state index in [1.165, 1.54) is 4.31 Å². The topological polar surface area (TPSA) is 52.7 Å². The molecule has 0 saturated heterocycles. The second kappa shape index (κ2) is 7.91. The highest BCUT2D eigenvalue weighted by Crippen LogP contribution is 2.04. The summed E-state index contributed by atoms with van der Waals surface area (Å²) in [5.41, 5.74) is 1.52. The second-order valence-electron chi connectivity index (χ2n) is 4.91. The van der Waals surface area contributed by atoms with E-state index >= 15 is 0 Å². The van der Waals surface area contributed by atoms with Gasteiger partial charge in [0, 0.05) is 12.1 Å². The van der Waals surface area contributed by atoms with Crippen LogP contribution in [0.25, 0.3) is 0 Å². The van der Waals surface area contributed by atoms with E-state index in [4.69, 9.17) is 0 Å². The maximum absolute atomic E-state index is 11.9. The summed E-state index contributed by atoms with van der Waals surface area (Å²) in [4.78, 5) is 25.7. The number of imide groups is 1. The number of nitrogens with one attached hydrogen (secondary N) is 1. The number of benzene rings is 1. The molecule has 1 aromatic rings.